The number of unbranched alkanes of at least 4 members (excludes halogenated alkanes) is 44. The van der Waals surface area contributed by atoms with Gasteiger partial charge in [-0.2, -0.15) is 0 Å². The third kappa shape index (κ3) is 68.6. The average molecular weight is 1380 g/mol. The fourth-order valence-corrected chi connectivity index (χ4v) is 13.1. The molecular weight excluding hydrogens is 1230 g/mol. The van der Waals surface area contributed by atoms with Crippen molar-refractivity contribution in [1.82, 2.24) is 0 Å². The van der Waals surface area contributed by atoms with E-state index in [0.29, 0.717) is 25.7 Å². The van der Waals surface area contributed by atoms with Gasteiger partial charge in [0, 0.05) is 25.7 Å². The van der Waals surface area contributed by atoms with Gasteiger partial charge < -0.3 is 33.8 Å². The van der Waals surface area contributed by atoms with E-state index in [2.05, 4.69) is 41.5 Å². The predicted octanol–water partition coefficient (Wildman–Crippen LogP) is 21.9. The third-order valence-corrected chi connectivity index (χ3v) is 19.4. The highest BCUT2D eigenvalue weighted by atomic mass is 31.2. The van der Waals surface area contributed by atoms with Gasteiger partial charge in [-0.25, -0.2) is 9.13 Å². The van der Waals surface area contributed by atoms with Crippen LogP contribution < -0.4 is 0 Å². The summed E-state index contributed by atoms with van der Waals surface area (Å²) in [5, 5.41) is 10.6. The lowest BCUT2D eigenvalue weighted by molar-refractivity contribution is -0.161. The molecule has 0 spiro atoms. The van der Waals surface area contributed by atoms with E-state index in [-0.39, 0.29) is 25.7 Å². The summed E-state index contributed by atoms with van der Waals surface area (Å²) in [4.78, 5) is 72.8. The van der Waals surface area contributed by atoms with E-state index in [0.717, 1.165) is 102 Å². The summed E-state index contributed by atoms with van der Waals surface area (Å²) in [5.74, 6) is -0.577. The maximum absolute atomic E-state index is 13.1. The van der Waals surface area contributed by atoms with Gasteiger partial charge in [0.05, 0.1) is 26.4 Å². The van der Waals surface area contributed by atoms with Gasteiger partial charge in [-0.05, 0) is 37.5 Å². The summed E-state index contributed by atoms with van der Waals surface area (Å²) in [6.45, 7) is 9.60. The minimum Gasteiger partial charge on any atom is -0.462 e. The van der Waals surface area contributed by atoms with E-state index >= 15 is 0 Å². The Labute approximate surface area is 575 Å². The Morgan fingerprint density at radius 2 is 0.489 bits per heavy atom. The first-order valence-corrected chi connectivity index (χ1v) is 42.0. The molecule has 0 saturated carbocycles. The number of hydrogen-bond acceptors (Lipinski definition) is 15. The molecule has 0 aromatic carbocycles. The van der Waals surface area contributed by atoms with Crippen LogP contribution in [0.25, 0.3) is 0 Å². The number of hydrogen-bond donors (Lipinski definition) is 3. The van der Waals surface area contributed by atoms with E-state index < -0.39 is 97.5 Å². The molecule has 17 nitrogen and oxygen atoms in total. The number of phosphoric acid groups is 2. The lowest BCUT2D eigenvalue weighted by Gasteiger charge is -2.21. The zero-order valence-electron chi connectivity index (χ0n) is 61.3. The number of ether oxygens (including phenoxy) is 4. The fourth-order valence-electron chi connectivity index (χ4n) is 11.5. The second-order valence-electron chi connectivity index (χ2n) is 28.0. The molecule has 558 valence electrons. The Hall–Kier alpha value is -1.94. The summed E-state index contributed by atoms with van der Waals surface area (Å²) in [7, 11) is -9.91. The molecule has 0 aliphatic heterocycles. The number of rotatable bonds is 74. The van der Waals surface area contributed by atoms with Crippen molar-refractivity contribution in [2.75, 3.05) is 39.6 Å². The van der Waals surface area contributed by atoms with Gasteiger partial charge in [0.25, 0.3) is 0 Å². The van der Waals surface area contributed by atoms with E-state index in [9.17, 15) is 43.2 Å². The quantitative estimate of drug-likeness (QED) is 0.0222. The number of aliphatic hydroxyl groups is 1. The summed E-state index contributed by atoms with van der Waals surface area (Å²) in [5.41, 5.74) is 0. The Morgan fingerprint density at radius 3 is 0.723 bits per heavy atom. The third-order valence-electron chi connectivity index (χ3n) is 17.5. The van der Waals surface area contributed by atoms with Crippen LogP contribution in [-0.2, 0) is 65.4 Å². The first-order valence-electron chi connectivity index (χ1n) is 39.0. The van der Waals surface area contributed by atoms with Crippen LogP contribution in [0.5, 0.6) is 0 Å². The molecule has 0 aliphatic carbocycles. The molecule has 19 heteroatoms. The minimum absolute atomic E-state index is 0.107. The Morgan fingerprint density at radius 1 is 0.287 bits per heavy atom. The van der Waals surface area contributed by atoms with Crippen molar-refractivity contribution in [3.8, 4) is 0 Å². The lowest BCUT2D eigenvalue weighted by atomic mass is 10.0. The first kappa shape index (κ1) is 92.1. The van der Waals surface area contributed by atoms with Gasteiger partial charge in [0.2, 0.25) is 0 Å². The van der Waals surface area contributed by atoms with Gasteiger partial charge in [-0.1, -0.05) is 337 Å². The van der Waals surface area contributed by atoms with Gasteiger partial charge in [0.1, 0.15) is 19.3 Å². The molecule has 0 radical (unpaired) electrons. The molecule has 0 rings (SSSR count). The second-order valence-corrected chi connectivity index (χ2v) is 30.9. The van der Waals surface area contributed by atoms with E-state index in [4.69, 9.17) is 37.0 Å². The smallest absolute Gasteiger partial charge is 0.462 e. The normalized spacial score (nSPS) is 14.0. The summed E-state index contributed by atoms with van der Waals surface area (Å²) in [6.07, 6.45) is 53.9. The number of esters is 4. The lowest BCUT2D eigenvalue weighted by Crippen LogP contribution is -2.30. The Bertz CT molecular complexity index is 1820. The van der Waals surface area contributed by atoms with Crippen molar-refractivity contribution < 1.29 is 80.2 Å². The largest absolute Gasteiger partial charge is 0.472 e. The minimum atomic E-state index is -4.96. The topological polar surface area (TPSA) is 237 Å². The van der Waals surface area contributed by atoms with Gasteiger partial charge in [-0.15, -0.1) is 0 Å². The zero-order chi connectivity index (χ0) is 69.3. The highest BCUT2D eigenvalue weighted by Gasteiger charge is 2.30. The number of carbonyl (C=O) groups is 4. The zero-order valence-corrected chi connectivity index (χ0v) is 63.1. The van der Waals surface area contributed by atoms with Crippen LogP contribution in [0, 0.1) is 11.8 Å². The standard InChI is InChI=1S/C75H146O17P2/c1-7-9-11-13-15-17-19-21-27-33-39-45-51-57-72(77)85-63-70(91-74(79)59-53-47-41-35-28-22-20-18-16-14-12-10-8-2)65-89-93(81,82)87-61-69(76)62-88-94(83,84)90-66-71(92-75(80)60-54-48-42-36-30-24-26-32-38-44-50-56-68(5)6)64-86-73(78)58-52-46-40-34-29-23-25-31-37-43-49-55-67(3)4/h67-71,76H,7-66H2,1-6H3,(H,81,82)(H,83,84)/t69-,70+,71+/m0/s1. The average Bonchev–Trinajstić information content (AvgIpc) is 1.50. The molecule has 0 amide bonds. The molecule has 0 bridgehead atoms. The van der Waals surface area contributed by atoms with Crippen LogP contribution in [0.15, 0.2) is 0 Å². The van der Waals surface area contributed by atoms with E-state index in [1.54, 1.807) is 0 Å². The molecule has 0 aliphatic rings. The van der Waals surface area contributed by atoms with Gasteiger partial charge in [-0.3, -0.25) is 37.3 Å². The molecule has 2 unspecified atom stereocenters. The van der Waals surface area contributed by atoms with Crippen LogP contribution in [0.3, 0.4) is 0 Å². The summed E-state index contributed by atoms with van der Waals surface area (Å²) < 4.78 is 68.5. The monoisotopic (exact) mass is 1380 g/mol. The predicted molar refractivity (Wildman–Crippen MR) is 381 cm³/mol. The number of carbonyl (C=O) groups excluding carboxylic acids is 4. The van der Waals surface area contributed by atoms with Crippen LogP contribution >= 0.6 is 15.6 Å². The van der Waals surface area contributed by atoms with Crippen molar-refractivity contribution in [1.29, 1.82) is 0 Å². The van der Waals surface area contributed by atoms with E-state index in [1.165, 1.54) is 205 Å². The molecule has 0 aromatic heterocycles. The Balaban J connectivity index is 5.27. The van der Waals surface area contributed by atoms with E-state index in [1.807, 2.05) is 0 Å². The van der Waals surface area contributed by atoms with Gasteiger partial charge in [0.15, 0.2) is 12.2 Å². The van der Waals surface area contributed by atoms with Crippen LogP contribution in [0.1, 0.15) is 388 Å². The number of phosphoric ester groups is 2. The molecule has 5 atom stereocenters. The maximum Gasteiger partial charge on any atom is 0.472 e. The molecule has 0 saturated heterocycles. The fraction of sp³-hybridized carbons (Fsp3) is 0.947. The molecule has 3 N–H and O–H groups in total. The maximum atomic E-state index is 13.1. The van der Waals surface area contributed by atoms with Crippen molar-refractivity contribution in [2.45, 2.75) is 407 Å². The first-order chi connectivity index (χ1) is 45.4. The molecule has 0 fully saturated rings. The Kier molecular flexibility index (Phi) is 65.5. The molecule has 94 heavy (non-hydrogen) atoms. The molecular formula is C75H146O17P2. The number of aliphatic hydroxyl groups excluding tert-OH is 1. The van der Waals surface area contributed by atoms with Crippen molar-refractivity contribution in [3.05, 3.63) is 0 Å². The molecule has 0 heterocycles. The van der Waals surface area contributed by atoms with Crippen molar-refractivity contribution in [3.63, 3.8) is 0 Å². The highest BCUT2D eigenvalue weighted by molar-refractivity contribution is 7.47. The highest BCUT2D eigenvalue weighted by Crippen LogP contribution is 2.45. The van der Waals surface area contributed by atoms with Crippen LogP contribution in [0.4, 0.5) is 0 Å². The van der Waals surface area contributed by atoms with Gasteiger partial charge >= 0.3 is 39.5 Å². The molecule has 0 aromatic rings. The van der Waals surface area contributed by atoms with Crippen molar-refractivity contribution in [2.24, 2.45) is 11.8 Å². The van der Waals surface area contributed by atoms with Crippen LogP contribution in [0.2, 0.25) is 0 Å². The SMILES string of the molecule is CCCCCCCCCCCCCCCC(=O)OC[C@H](COP(=O)(O)OC[C@H](O)COP(=O)(O)OC[C@@H](COC(=O)CCCCCCCCCCCCCC(C)C)OC(=O)CCCCCCCCCCCCCC(C)C)OC(=O)CCCCCCCCCCCCCCC. The van der Waals surface area contributed by atoms with Crippen molar-refractivity contribution >= 4 is 39.5 Å². The summed E-state index contributed by atoms with van der Waals surface area (Å²) >= 11 is 0. The summed E-state index contributed by atoms with van der Waals surface area (Å²) in [6, 6.07) is 0. The second kappa shape index (κ2) is 66.9. The van der Waals surface area contributed by atoms with Crippen LogP contribution in [-0.4, -0.2) is 96.7 Å².